The van der Waals surface area contributed by atoms with Gasteiger partial charge in [-0.1, -0.05) is 6.07 Å². The number of carbonyl (C=O) groups excluding carboxylic acids is 2. The van der Waals surface area contributed by atoms with E-state index in [-0.39, 0.29) is 25.0 Å². The highest BCUT2D eigenvalue weighted by Gasteiger charge is 2.15. The topological polar surface area (TPSA) is 80.8 Å². The van der Waals surface area contributed by atoms with Crippen molar-refractivity contribution in [1.29, 1.82) is 0 Å². The molecule has 3 rings (SSSR count). The maximum Gasteiger partial charge on any atom is 0.231 e. The van der Waals surface area contributed by atoms with Crippen LogP contribution in [0.3, 0.4) is 0 Å². The summed E-state index contributed by atoms with van der Waals surface area (Å²) in [4.78, 5) is 29.6. The van der Waals surface area contributed by atoms with Crippen LogP contribution in [0.5, 0.6) is 11.5 Å². The van der Waals surface area contributed by atoms with Crippen molar-refractivity contribution in [1.82, 2.24) is 9.88 Å². The zero-order chi connectivity index (χ0) is 17.6. The summed E-state index contributed by atoms with van der Waals surface area (Å²) in [5.74, 6) is 1.02. The van der Waals surface area contributed by atoms with E-state index in [1.165, 1.54) is 6.92 Å². The molecular formula is C18H19N3O4. The normalized spacial score (nSPS) is 11.9. The summed E-state index contributed by atoms with van der Waals surface area (Å²) in [6.07, 6.45) is 3.59. The van der Waals surface area contributed by atoms with Crippen LogP contribution in [0.25, 0.3) is 0 Å². The molecule has 0 bridgehead atoms. The van der Waals surface area contributed by atoms with Gasteiger partial charge in [0, 0.05) is 50.6 Å². The number of ether oxygens (including phenoxy) is 2. The Labute approximate surface area is 145 Å². The minimum atomic E-state index is -0.170. The molecule has 1 aliphatic heterocycles. The minimum Gasteiger partial charge on any atom is -0.454 e. The standard InChI is InChI=1S/C18H19N3O4/c1-13(22)21(11-14-3-2-7-19-10-14)8-6-18(23)20-15-4-5-16-17(9-15)25-12-24-16/h2-5,7,9-10H,6,8,11-12H2,1H3,(H,20,23). The van der Waals surface area contributed by atoms with Crippen LogP contribution in [0.4, 0.5) is 5.69 Å². The van der Waals surface area contributed by atoms with Crippen molar-refractivity contribution in [2.45, 2.75) is 19.9 Å². The number of fused-ring (bicyclic) bond motifs is 1. The van der Waals surface area contributed by atoms with E-state index in [1.54, 1.807) is 35.5 Å². The molecule has 130 valence electrons. The second-order valence-electron chi connectivity index (χ2n) is 5.67. The fourth-order valence-corrected chi connectivity index (χ4v) is 2.49. The first kappa shape index (κ1) is 16.8. The van der Waals surface area contributed by atoms with Crippen molar-refractivity contribution in [3.05, 3.63) is 48.3 Å². The van der Waals surface area contributed by atoms with Crippen LogP contribution in [-0.2, 0) is 16.1 Å². The molecule has 1 aromatic carbocycles. The number of aromatic nitrogens is 1. The second-order valence-corrected chi connectivity index (χ2v) is 5.67. The van der Waals surface area contributed by atoms with Gasteiger partial charge in [0.15, 0.2) is 11.5 Å². The first-order chi connectivity index (χ1) is 12.1. The lowest BCUT2D eigenvalue weighted by Crippen LogP contribution is -2.31. The Hall–Kier alpha value is -3.09. The van der Waals surface area contributed by atoms with Gasteiger partial charge in [0.25, 0.3) is 0 Å². The summed E-state index contributed by atoms with van der Waals surface area (Å²) in [6.45, 7) is 2.45. The third-order valence-corrected chi connectivity index (χ3v) is 3.81. The Morgan fingerprint density at radius 2 is 2.08 bits per heavy atom. The van der Waals surface area contributed by atoms with Crippen molar-refractivity contribution >= 4 is 17.5 Å². The summed E-state index contributed by atoms with van der Waals surface area (Å²) in [5, 5.41) is 2.80. The van der Waals surface area contributed by atoms with Gasteiger partial charge in [-0.2, -0.15) is 0 Å². The van der Waals surface area contributed by atoms with Crippen molar-refractivity contribution in [2.24, 2.45) is 0 Å². The smallest absolute Gasteiger partial charge is 0.231 e. The third-order valence-electron chi connectivity index (χ3n) is 3.81. The van der Waals surface area contributed by atoms with Crippen LogP contribution in [0.2, 0.25) is 0 Å². The van der Waals surface area contributed by atoms with Crippen molar-refractivity contribution in [2.75, 3.05) is 18.7 Å². The number of rotatable bonds is 6. The summed E-state index contributed by atoms with van der Waals surface area (Å²) >= 11 is 0. The molecule has 1 aromatic heterocycles. The van der Waals surface area contributed by atoms with Gasteiger partial charge in [0.05, 0.1) is 0 Å². The van der Waals surface area contributed by atoms with Gasteiger partial charge in [0.1, 0.15) is 0 Å². The first-order valence-electron chi connectivity index (χ1n) is 7.96. The van der Waals surface area contributed by atoms with E-state index in [0.29, 0.717) is 30.3 Å². The number of amides is 2. The lowest BCUT2D eigenvalue weighted by Gasteiger charge is -2.20. The number of benzene rings is 1. The van der Waals surface area contributed by atoms with Gasteiger partial charge >= 0.3 is 0 Å². The molecule has 0 fully saturated rings. The summed E-state index contributed by atoms with van der Waals surface area (Å²) in [7, 11) is 0. The largest absolute Gasteiger partial charge is 0.454 e. The summed E-state index contributed by atoms with van der Waals surface area (Å²) in [6, 6.07) is 8.94. The number of anilines is 1. The second kappa shape index (κ2) is 7.65. The fraction of sp³-hybridized carbons (Fsp3) is 0.278. The van der Waals surface area contributed by atoms with Gasteiger partial charge in [-0.15, -0.1) is 0 Å². The average Bonchev–Trinajstić information content (AvgIpc) is 3.07. The van der Waals surface area contributed by atoms with E-state index in [2.05, 4.69) is 10.3 Å². The van der Waals surface area contributed by atoms with E-state index >= 15 is 0 Å². The SMILES string of the molecule is CC(=O)N(CCC(=O)Nc1ccc2c(c1)OCO2)Cc1cccnc1. The number of nitrogens with zero attached hydrogens (tertiary/aromatic N) is 2. The molecule has 2 aromatic rings. The fourth-order valence-electron chi connectivity index (χ4n) is 2.49. The molecule has 7 heteroatoms. The Kier molecular flexibility index (Phi) is 5.13. The molecule has 0 aliphatic carbocycles. The Morgan fingerprint density at radius 1 is 1.24 bits per heavy atom. The van der Waals surface area contributed by atoms with E-state index < -0.39 is 0 Å². The quantitative estimate of drug-likeness (QED) is 0.871. The van der Waals surface area contributed by atoms with Crippen molar-refractivity contribution in [3.8, 4) is 11.5 Å². The maximum absolute atomic E-state index is 12.2. The molecule has 25 heavy (non-hydrogen) atoms. The predicted molar refractivity (Wildman–Crippen MR) is 91.1 cm³/mol. The van der Waals surface area contributed by atoms with Crippen LogP contribution < -0.4 is 14.8 Å². The highest BCUT2D eigenvalue weighted by Crippen LogP contribution is 2.34. The van der Waals surface area contributed by atoms with Gasteiger partial charge in [0.2, 0.25) is 18.6 Å². The average molecular weight is 341 g/mol. The minimum absolute atomic E-state index is 0.0836. The number of carbonyl (C=O) groups is 2. The van der Waals surface area contributed by atoms with E-state index in [4.69, 9.17) is 9.47 Å². The Balaban J connectivity index is 1.54. The summed E-state index contributed by atoms with van der Waals surface area (Å²) < 4.78 is 10.5. The highest BCUT2D eigenvalue weighted by molar-refractivity contribution is 5.91. The zero-order valence-corrected chi connectivity index (χ0v) is 13.9. The molecule has 0 saturated carbocycles. The molecule has 0 spiro atoms. The molecule has 0 saturated heterocycles. The van der Waals surface area contributed by atoms with Gasteiger partial charge in [-0.25, -0.2) is 0 Å². The van der Waals surface area contributed by atoms with Crippen LogP contribution in [-0.4, -0.2) is 35.0 Å². The number of nitrogens with one attached hydrogen (secondary N) is 1. The van der Waals surface area contributed by atoms with Gasteiger partial charge in [-0.05, 0) is 23.8 Å². The van der Waals surface area contributed by atoms with Crippen LogP contribution in [0, 0.1) is 0 Å². The van der Waals surface area contributed by atoms with E-state index in [1.807, 2.05) is 12.1 Å². The maximum atomic E-state index is 12.2. The van der Waals surface area contributed by atoms with Gasteiger partial charge < -0.3 is 19.7 Å². The van der Waals surface area contributed by atoms with Crippen molar-refractivity contribution < 1.29 is 19.1 Å². The molecule has 1 N–H and O–H groups in total. The third kappa shape index (κ3) is 4.47. The molecule has 2 amide bonds. The lowest BCUT2D eigenvalue weighted by molar-refractivity contribution is -0.129. The molecule has 0 radical (unpaired) electrons. The van der Waals surface area contributed by atoms with Crippen LogP contribution in [0.15, 0.2) is 42.7 Å². The lowest BCUT2D eigenvalue weighted by atomic mass is 10.2. The first-order valence-corrected chi connectivity index (χ1v) is 7.96. The molecule has 1 aliphatic rings. The van der Waals surface area contributed by atoms with E-state index in [9.17, 15) is 9.59 Å². The number of hydrogen-bond acceptors (Lipinski definition) is 5. The molecule has 2 heterocycles. The van der Waals surface area contributed by atoms with Gasteiger partial charge in [-0.3, -0.25) is 14.6 Å². The van der Waals surface area contributed by atoms with E-state index in [0.717, 1.165) is 5.56 Å². The van der Waals surface area contributed by atoms with Crippen LogP contribution >= 0.6 is 0 Å². The molecular weight excluding hydrogens is 322 g/mol. The number of hydrogen-bond donors (Lipinski definition) is 1. The molecule has 0 unspecified atom stereocenters. The molecule has 0 atom stereocenters. The Bertz CT molecular complexity index is 764. The van der Waals surface area contributed by atoms with Crippen molar-refractivity contribution in [3.63, 3.8) is 0 Å². The zero-order valence-electron chi connectivity index (χ0n) is 13.9. The predicted octanol–water partition coefficient (Wildman–Crippen LogP) is 2.19. The Morgan fingerprint density at radius 3 is 2.84 bits per heavy atom. The monoisotopic (exact) mass is 341 g/mol. The molecule has 7 nitrogen and oxygen atoms in total. The van der Waals surface area contributed by atoms with Crippen LogP contribution in [0.1, 0.15) is 18.9 Å². The highest BCUT2D eigenvalue weighted by atomic mass is 16.7. The summed E-state index contributed by atoms with van der Waals surface area (Å²) in [5.41, 5.74) is 1.56. The number of pyridine rings is 1.